The molecule has 0 spiro atoms. The first kappa shape index (κ1) is 30.2. The Morgan fingerprint density at radius 1 is 1.21 bits per heavy atom. The second kappa shape index (κ2) is 14.6. The van der Waals surface area contributed by atoms with Crippen molar-refractivity contribution in [3.63, 3.8) is 0 Å². The van der Waals surface area contributed by atoms with Crippen LogP contribution in [0.3, 0.4) is 0 Å². The number of likely N-dealkylation sites (tertiary alicyclic amines) is 1. The summed E-state index contributed by atoms with van der Waals surface area (Å²) in [6, 6.07) is 7.55. The summed E-state index contributed by atoms with van der Waals surface area (Å²) in [6.07, 6.45) is 0.961. The zero-order valence-corrected chi connectivity index (χ0v) is 22.3. The number of amides is 4. The highest BCUT2D eigenvalue weighted by Crippen LogP contribution is 2.28. The number of nitrogens with two attached hydrogens (primary N) is 1. The van der Waals surface area contributed by atoms with Gasteiger partial charge in [-0.3, -0.25) is 19.8 Å². The van der Waals surface area contributed by atoms with Gasteiger partial charge in [-0.15, -0.1) is 11.3 Å². The molecule has 0 saturated carbocycles. The average molecular weight is 548 g/mol. The molecule has 3 rings (SSSR count). The quantitative estimate of drug-likeness (QED) is 0.233. The zero-order chi connectivity index (χ0) is 28.2. The Bertz CT molecular complexity index is 1150. The van der Waals surface area contributed by atoms with Crippen LogP contribution in [0.4, 0.5) is 20.4 Å². The summed E-state index contributed by atoms with van der Waals surface area (Å²) in [5, 5.41) is 21.2. The number of hydrogen-bond donors (Lipinski definition) is 5. The molecule has 1 fully saturated rings. The molecule has 2 aromatic rings. The SMILES string of the molecule is CC(=O)Nc1nc(CCc2ccc(N=CNC(=O)O)cc2)c(CN2CC[C@H](C(=O)N(C)C)C2)s1.NC(=O)O. The molecular formula is C24H33N7O6S. The van der Waals surface area contributed by atoms with E-state index in [9.17, 15) is 14.4 Å². The van der Waals surface area contributed by atoms with E-state index in [2.05, 4.69) is 31.2 Å². The minimum Gasteiger partial charge on any atom is -0.465 e. The van der Waals surface area contributed by atoms with Gasteiger partial charge in [0.05, 0.1) is 23.6 Å². The van der Waals surface area contributed by atoms with E-state index in [-0.39, 0.29) is 17.7 Å². The fourth-order valence-corrected chi connectivity index (χ4v) is 4.92. The van der Waals surface area contributed by atoms with Crippen molar-refractivity contribution < 1.29 is 29.4 Å². The predicted molar refractivity (Wildman–Crippen MR) is 144 cm³/mol. The lowest BCUT2D eigenvalue weighted by atomic mass is 10.1. The number of carboxylic acid groups (broad SMARTS) is 2. The van der Waals surface area contributed by atoms with Gasteiger partial charge in [-0.05, 0) is 43.5 Å². The molecular weight excluding hydrogens is 514 g/mol. The van der Waals surface area contributed by atoms with Crippen LogP contribution >= 0.6 is 11.3 Å². The molecule has 1 aliphatic rings. The Balaban J connectivity index is 0.00000118. The summed E-state index contributed by atoms with van der Waals surface area (Å²) in [5.74, 6) is 0.0312. The van der Waals surface area contributed by atoms with Gasteiger partial charge in [0.25, 0.3) is 0 Å². The number of rotatable bonds is 9. The minimum atomic E-state index is -1.33. The maximum Gasteiger partial charge on any atom is 0.409 e. The molecule has 0 unspecified atom stereocenters. The van der Waals surface area contributed by atoms with Crippen molar-refractivity contribution in [3.8, 4) is 0 Å². The van der Waals surface area contributed by atoms with Crippen LogP contribution in [0.5, 0.6) is 0 Å². The number of aromatic nitrogens is 1. The molecule has 38 heavy (non-hydrogen) atoms. The third-order valence-electron chi connectivity index (χ3n) is 5.48. The summed E-state index contributed by atoms with van der Waals surface area (Å²) in [5.41, 5.74) is 6.72. The normalized spacial score (nSPS) is 15.0. The Morgan fingerprint density at radius 2 is 1.87 bits per heavy atom. The molecule has 206 valence electrons. The molecule has 0 radical (unpaired) electrons. The van der Waals surface area contributed by atoms with Gasteiger partial charge in [0, 0.05) is 39.0 Å². The van der Waals surface area contributed by atoms with Gasteiger partial charge in [0.2, 0.25) is 11.8 Å². The Morgan fingerprint density at radius 3 is 2.45 bits per heavy atom. The van der Waals surface area contributed by atoms with Crippen molar-refractivity contribution in [2.45, 2.75) is 32.7 Å². The molecule has 14 heteroatoms. The molecule has 0 aliphatic carbocycles. The summed E-state index contributed by atoms with van der Waals surface area (Å²) >= 11 is 1.49. The summed E-state index contributed by atoms with van der Waals surface area (Å²) < 4.78 is 0. The van der Waals surface area contributed by atoms with E-state index < -0.39 is 12.2 Å². The van der Waals surface area contributed by atoms with Crippen molar-refractivity contribution in [2.75, 3.05) is 32.5 Å². The molecule has 1 aromatic heterocycles. The smallest absolute Gasteiger partial charge is 0.409 e. The lowest BCUT2D eigenvalue weighted by Crippen LogP contribution is -2.31. The first-order chi connectivity index (χ1) is 17.9. The molecule has 1 aromatic carbocycles. The molecule has 1 saturated heterocycles. The second-order valence-electron chi connectivity index (χ2n) is 8.74. The number of aryl methyl sites for hydroxylation is 2. The van der Waals surface area contributed by atoms with Crippen molar-refractivity contribution in [1.82, 2.24) is 20.1 Å². The van der Waals surface area contributed by atoms with Crippen LogP contribution < -0.4 is 16.4 Å². The van der Waals surface area contributed by atoms with Gasteiger partial charge in [0.1, 0.15) is 0 Å². The maximum absolute atomic E-state index is 12.3. The van der Waals surface area contributed by atoms with Gasteiger partial charge in [0.15, 0.2) is 5.13 Å². The minimum absolute atomic E-state index is 0.0214. The van der Waals surface area contributed by atoms with Crippen molar-refractivity contribution in [1.29, 1.82) is 0 Å². The summed E-state index contributed by atoms with van der Waals surface area (Å²) in [7, 11) is 3.58. The topological polar surface area (TPSA) is 191 Å². The van der Waals surface area contributed by atoms with Crippen LogP contribution in [0.1, 0.15) is 29.5 Å². The third-order valence-corrected chi connectivity index (χ3v) is 6.48. The summed E-state index contributed by atoms with van der Waals surface area (Å²) in [4.78, 5) is 56.8. The van der Waals surface area contributed by atoms with E-state index in [1.807, 2.05) is 24.3 Å². The fraction of sp³-hybridized carbons (Fsp3) is 0.417. The largest absolute Gasteiger partial charge is 0.465 e. The van der Waals surface area contributed by atoms with Gasteiger partial charge in [-0.1, -0.05) is 12.1 Å². The molecule has 1 aliphatic heterocycles. The third kappa shape index (κ3) is 10.5. The fourth-order valence-electron chi connectivity index (χ4n) is 3.83. The van der Waals surface area contributed by atoms with Crippen molar-refractivity contribution in [2.24, 2.45) is 16.6 Å². The van der Waals surface area contributed by atoms with E-state index in [4.69, 9.17) is 15.0 Å². The highest BCUT2D eigenvalue weighted by atomic mass is 32.1. The van der Waals surface area contributed by atoms with E-state index in [0.29, 0.717) is 23.8 Å². The number of carbonyl (C=O) groups excluding carboxylic acids is 2. The van der Waals surface area contributed by atoms with Crippen LogP contribution in [0, 0.1) is 5.92 Å². The van der Waals surface area contributed by atoms with Gasteiger partial charge < -0.3 is 26.2 Å². The Labute approximate surface area is 224 Å². The molecule has 2 heterocycles. The number of hydrogen-bond acceptors (Lipinski definition) is 8. The van der Waals surface area contributed by atoms with Gasteiger partial charge in [-0.25, -0.2) is 19.6 Å². The number of carbonyl (C=O) groups is 4. The van der Waals surface area contributed by atoms with Crippen LogP contribution in [-0.2, 0) is 29.0 Å². The molecule has 0 bridgehead atoms. The second-order valence-corrected chi connectivity index (χ2v) is 9.82. The predicted octanol–water partition coefficient (Wildman–Crippen LogP) is 2.35. The number of anilines is 1. The number of benzene rings is 1. The molecule has 1 atom stereocenters. The number of aliphatic imine (C=N–C) groups is 1. The number of nitrogens with one attached hydrogen (secondary N) is 2. The lowest BCUT2D eigenvalue weighted by molar-refractivity contribution is -0.132. The van der Waals surface area contributed by atoms with Crippen LogP contribution in [0.2, 0.25) is 0 Å². The lowest BCUT2D eigenvalue weighted by Gasteiger charge is -2.18. The summed E-state index contributed by atoms with van der Waals surface area (Å²) in [6.45, 7) is 3.75. The maximum atomic E-state index is 12.3. The molecule has 4 amide bonds. The van der Waals surface area contributed by atoms with E-state index in [1.54, 1.807) is 19.0 Å². The van der Waals surface area contributed by atoms with Gasteiger partial charge in [-0.2, -0.15) is 0 Å². The average Bonchev–Trinajstić information content (AvgIpc) is 3.44. The van der Waals surface area contributed by atoms with Crippen LogP contribution in [-0.4, -0.2) is 82.5 Å². The van der Waals surface area contributed by atoms with Crippen molar-refractivity contribution in [3.05, 3.63) is 40.4 Å². The van der Waals surface area contributed by atoms with Gasteiger partial charge >= 0.3 is 12.2 Å². The van der Waals surface area contributed by atoms with E-state index >= 15 is 0 Å². The van der Waals surface area contributed by atoms with Crippen molar-refractivity contribution >= 4 is 52.5 Å². The zero-order valence-electron chi connectivity index (χ0n) is 21.5. The Kier molecular flexibility index (Phi) is 11.6. The first-order valence-corrected chi connectivity index (χ1v) is 12.5. The Hall–Kier alpha value is -4.04. The first-order valence-electron chi connectivity index (χ1n) is 11.7. The van der Waals surface area contributed by atoms with Crippen LogP contribution in [0.15, 0.2) is 29.3 Å². The van der Waals surface area contributed by atoms with E-state index in [0.717, 1.165) is 48.4 Å². The highest BCUT2D eigenvalue weighted by Gasteiger charge is 2.30. The number of thiazole rings is 1. The number of primary amides is 1. The van der Waals surface area contributed by atoms with Crippen LogP contribution in [0.25, 0.3) is 0 Å². The standard InChI is InChI=1S/C23H30N6O4S.CH3NO2/c1-15(30)26-22-27-19(9-6-16-4-7-18(8-5-16)24-14-25-23(32)33)20(34-22)13-29-11-10-17(12-29)21(31)28(2)3;2-1(3)4/h4-5,7-8,14,17H,6,9-13H2,1-3H3,(H,24,25)(H,32,33)(H,26,27,30);2H2,(H,3,4)/t17-;/m0./s1. The highest BCUT2D eigenvalue weighted by molar-refractivity contribution is 7.15. The molecule has 13 nitrogen and oxygen atoms in total. The number of nitrogens with zero attached hydrogens (tertiary/aromatic N) is 4. The van der Waals surface area contributed by atoms with E-state index in [1.165, 1.54) is 18.3 Å². The monoisotopic (exact) mass is 547 g/mol. The molecule has 6 N–H and O–H groups in total.